The van der Waals surface area contributed by atoms with E-state index < -0.39 is 17.6 Å². The molecule has 2 unspecified atom stereocenters. The topological polar surface area (TPSA) is 76.0 Å². The minimum Gasteiger partial charge on any atom is -0.390 e. The molecule has 1 heterocycles. The van der Waals surface area contributed by atoms with Crippen LogP contribution in [0.3, 0.4) is 0 Å². The van der Waals surface area contributed by atoms with E-state index in [9.17, 15) is 15.0 Å². The van der Waals surface area contributed by atoms with Crippen LogP contribution in [-0.2, 0) is 14.3 Å². The van der Waals surface area contributed by atoms with Crippen LogP contribution in [0.25, 0.3) is 0 Å². The average molecular weight is 310 g/mol. The summed E-state index contributed by atoms with van der Waals surface area (Å²) >= 11 is 0. The zero-order chi connectivity index (χ0) is 15.6. The molecule has 0 spiro atoms. The lowest BCUT2D eigenvalue weighted by Crippen LogP contribution is -2.46. The summed E-state index contributed by atoms with van der Waals surface area (Å²) in [5.41, 5.74) is 0.470. The summed E-state index contributed by atoms with van der Waals surface area (Å²) < 4.78 is 11.0. The zero-order valence-corrected chi connectivity index (χ0v) is 13.0. The van der Waals surface area contributed by atoms with Crippen molar-refractivity contribution in [1.82, 2.24) is 0 Å². The van der Waals surface area contributed by atoms with E-state index in [1.807, 2.05) is 0 Å². The van der Waals surface area contributed by atoms with E-state index >= 15 is 0 Å². The van der Waals surface area contributed by atoms with Crippen LogP contribution in [0.5, 0.6) is 0 Å². The molecule has 0 radical (unpaired) electrons. The molecule has 1 saturated heterocycles. The first kappa shape index (κ1) is 16.1. The van der Waals surface area contributed by atoms with Crippen molar-refractivity contribution < 1.29 is 24.5 Å². The van der Waals surface area contributed by atoms with Crippen LogP contribution in [0.2, 0.25) is 0 Å². The maximum Gasteiger partial charge on any atom is 0.157 e. The van der Waals surface area contributed by atoms with Gasteiger partial charge in [0.05, 0.1) is 30.8 Å². The molecule has 0 bridgehead atoms. The van der Waals surface area contributed by atoms with Crippen molar-refractivity contribution in [2.45, 2.75) is 69.9 Å². The van der Waals surface area contributed by atoms with Crippen molar-refractivity contribution in [3.63, 3.8) is 0 Å². The van der Waals surface area contributed by atoms with Gasteiger partial charge >= 0.3 is 0 Å². The summed E-state index contributed by atoms with van der Waals surface area (Å²) in [7, 11) is 0. The summed E-state index contributed by atoms with van der Waals surface area (Å²) in [6, 6.07) is 0. The number of hydrogen-bond donors (Lipinski definition) is 2. The molecule has 2 aliphatic carbocycles. The third kappa shape index (κ3) is 3.13. The Morgan fingerprint density at radius 1 is 1.23 bits per heavy atom. The Balaban J connectivity index is 1.69. The fraction of sp³-hybridized carbons (Fsp3) is 0.824. The molecule has 0 aromatic heterocycles. The Kier molecular flexibility index (Phi) is 4.97. The lowest BCUT2D eigenvalue weighted by Gasteiger charge is -2.44. The molecule has 3 rings (SSSR count). The van der Waals surface area contributed by atoms with Crippen LogP contribution in [0, 0.1) is 5.41 Å². The molecule has 2 N–H and O–H groups in total. The normalized spacial score (nSPS) is 36.5. The van der Waals surface area contributed by atoms with Gasteiger partial charge in [-0.1, -0.05) is 18.1 Å². The van der Waals surface area contributed by atoms with Crippen molar-refractivity contribution in [1.29, 1.82) is 0 Å². The number of fused-ring (bicyclic) bond motifs is 1. The minimum atomic E-state index is -0.840. The molecule has 0 aromatic rings. The van der Waals surface area contributed by atoms with E-state index in [-0.39, 0.29) is 12.1 Å². The molecular formula is C17H26O5. The van der Waals surface area contributed by atoms with Gasteiger partial charge in [-0.25, -0.2) is 0 Å². The lowest BCUT2D eigenvalue weighted by atomic mass is 9.61. The first-order chi connectivity index (χ1) is 10.6. The highest BCUT2D eigenvalue weighted by Crippen LogP contribution is 2.49. The van der Waals surface area contributed by atoms with Gasteiger partial charge in [-0.05, 0) is 32.1 Å². The van der Waals surface area contributed by atoms with Crippen LogP contribution < -0.4 is 0 Å². The summed E-state index contributed by atoms with van der Waals surface area (Å²) in [6.45, 7) is 1.39. The van der Waals surface area contributed by atoms with Crippen LogP contribution in [0.15, 0.2) is 11.6 Å². The Bertz CT molecular complexity index is 440. The average Bonchev–Trinajstić information content (AvgIpc) is 2.54. The maximum atomic E-state index is 12.9. The molecule has 1 saturated carbocycles. The van der Waals surface area contributed by atoms with Gasteiger partial charge in [0.2, 0.25) is 0 Å². The van der Waals surface area contributed by atoms with E-state index in [0.29, 0.717) is 32.5 Å². The number of carbonyl (C=O) groups excluding carboxylic acids is 1. The van der Waals surface area contributed by atoms with Gasteiger partial charge in [0.1, 0.15) is 5.78 Å². The van der Waals surface area contributed by atoms with E-state index in [4.69, 9.17) is 9.47 Å². The molecule has 22 heavy (non-hydrogen) atoms. The van der Waals surface area contributed by atoms with Crippen LogP contribution in [0.1, 0.15) is 51.4 Å². The van der Waals surface area contributed by atoms with Crippen molar-refractivity contribution in [2.24, 2.45) is 5.41 Å². The van der Waals surface area contributed by atoms with Crippen molar-refractivity contribution in [3.8, 4) is 0 Å². The van der Waals surface area contributed by atoms with Gasteiger partial charge in [0.25, 0.3) is 0 Å². The third-order valence-electron chi connectivity index (χ3n) is 5.28. The highest BCUT2D eigenvalue weighted by atomic mass is 16.7. The first-order valence-electron chi connectivity index (χ1n) is 8.46. The second-order valence-electron chi connectivity index (χ2n) is 6.73. The summed E-state index contributed by atoms with van der Waals surface area (Å²) in [4.78, 5) is 12.9. The van der Waals surface area contributed by atoms with Crippen molar-refractivity contribution in [3.05, 3.63) is 11.6 Å². The van der Waals surface area contributed by atoms with E-state index in [2.05, 4.69) is 0 Å². The molecule has 5 nitrogen and oxygen atoms in total. The van der Waals surface area contributed by atoms with Gasteiger partial charge in [0.15, 0.2) is 6.29 Å². The van der Waals surface area contributed by atoms with Gasteiger partial charge in [0, 0.05) is 12.8 Å². The van der Waals surface area contributed by atoms with Crippen LogP contribution >= 0.6 is 0 Å². The SMILES string of the molecule is O=C(CCC1OCCCO1)[C@@]12CCCCC1=CC(O)C(O)C2. The van der Waals surface area contributed by atoms with Crippen LogP contribution in [-0.4, -0.2) is 47.7 Å². The van der Waals surface area contributed by atoms with E-state index in [1.54, 1.807) is 6.08 Å². The van der Waals surface area contributed by atoms with Crippen molar-refractivity contribution in [2.75, 3.05) is 13.2 Å². The van der Waals surface area contributed by atoms with Gasteiger partial charge < -0.3 is 19.7 Å². The second kappa shape index (κ2) is 6.79. The molecule has 1 aliphatic heterocycles. The smallest absolute Gasteiger partial charge is 0.157 e. The molecule has 5 heteroatoms. The first-order valence-corrected chi connectivity index (χ1v) is 8.46. The number of allylic oxidation sites excluding steroid dienone is 1. The fourth-order valence-corrected chi connectivity index (χ4v) is 4.04. The molecule has 0 amide bonds. The molecular weight excluding hydrogens is 284 g/mol. The fourth-order valence-electron chi connectivity index (χ4n) is 4.04. The number of hydrogen-bond acceptors (Lipinski definition) is 5. The highest BCUT2D eigenvalue weighted by Gasteiger charge is 2.47. The number of ketones is 1. The maximum absolute atomic E-state index is 12.9. The predicted octanol–water partition coefficient (Wildman–Crippen LogP) is 1.71. The zero-order valence-electron chi connectivity index (χ0n) is 13.0. The number of carbonyl (C=O) groups is 1. The molecule has 0 aromatic carbocycles. The monoisotopic (exact) mass is 310 g/mol. The molecule has 3 aliphatic rings. The Morgan fingerprint density at radius 2 is 2.00 bits per heavy atom. The summed E-state index contributed by atoms with van der Waals surface area (Å²) in [6.07, 6.45) is 5.71. The number of Topliss-reactive ketones (excluding diaryl/α,β-unsaturated/α-hetero) is 1. The molecule has 3 atom stereocenters. The van der Waals surface area contributed by atoms with E-state index in [0.717, 1.165) is 37.7 Å². The summed E-state index contributed by atoms with van der Waals surface area (Å²) in [5.74, 6) is 0.169. The standard InChI is InChI=1S/C17H26O5/c18-13-10-12-4-1-2-7-17(12,11-14(13)19)15(20)5-6-16-21-8-3-9-22-16/h10,13-14,16,18-19H,1-9,11H2/t13?,14?,17-/m1/s1. The predicted molar refractivity (Wildman–Crippen MR) is 80.2 cm³/mol. The minimum absolute atomic E-state index is 0.169. The van der Waals surface area contributed by atoms with Gasteiger partial charge in [-0.15, -0.1) is 0 Å². The number of rotatable bonds is 4. The summed E-state index contributed by atoms with van der Waals surface area (Å²) in [5, 5.41) is 19.9. The van der Waals surface area contributed by atoms with Crippen molar-refractivity contribution >= 4 is 5.78 Å². The highest BCUT2D eigenvalue weighted by molar-refractivity contribution is 5.88. The molecule has 2 fully saturated rings. The quantitative estimate of drug-likeness (QED) is 0.773. The van der Waals surface area contributed by atoms with Gasteiger partial charge in [-0.3, -0.25) is 4.79 Å². The number of aliphatic hydroxyl groups is 2. The van der Waals surface area contributed by atoms with E-state index in [1.165, 1.54) is 0 Å². The number of aliphatic hydroxyl groups excluding tert-OH is 2. The Labute approximate surface area is 131 Å². The largest absolute Gasteiger partial charge is 0.390 e. The van der Waals surface area contributed by atoms with Crippen LogP contribution in [0.4, 0.5) is 0 Å². The third-order valence-corrected chi connectivity index (χ3v) is 5.28. The Morgan fingerprint density at radius 3 is 2.77 bits per heavy atom. The lowest BCUT2D eigenvalue weighted by molar-refractivity contribution is -0.183. The van der Waals surface area contributed by atoms with Gasteiger partial charge in [-0.2, -0.15) is 0 Å². The Hall–Kier alpha value is -0.750. The number of ether oxygens (including phenoxy) is 2. The second-order valence-corrected chi connectivity index (χ2v) is 6.73. The molecule has 124 valence electrons.